The highest BCUT2D eigenvalue weighted by Crippen LogP contribution is 2.30. The van der Waals surface area contributed by atoms with Crippen molar-refractivity contribution in [1.82, 2.24) is 10.3 Å². The number of carbonyl (C=O) groups is 1. The molecule has 0 unspecified atom stereocenters. The number of pyridine rings is 1. The van der Waals surface area contributed by atoms with Gasteiger partial charge in [0.25, 0.3) is 0 Å². The highest BCUT2D eigenvalue weighted by atomic mass is 19.4. The van der Waals surface area contributed by atoms with Crippen LogP contribution in [0, 0.1) is 0 Å². The molecule has 1 N–H and O–H groups in total. The van der Waals surface area contributed by atoms with E-state index in [4.69, 9.17) is 0 Å². The standard InChI is InChI=1S/C21H25F3N4O/c1-28(2)14-6-13-27(17-9-10-19(26-15-17)21(22,23)24)20(29)25-12-11-18(28)16-7-4-3-5-8-16/h3-5,7-10,15,18H,6,11-14H2,1-2H3/p+1/t18-/m1/s1. The minimum atomic E-state index is -4.50. The Morgan fingerprint density at radius 3 is 2.48 bits per heavy atom. The third-order valence-electron chi connectivity index (χ3n) is 5.43. The Kier molecular flexibility index (Phi) is 6.12. The molecule has 2 aromatic rings. The monoisotopic (exact) mass is 407 g/mol. The highest BCUT2D eigenvalue weighted by Gasteiger charge is 2.33. The van der Waals surface area contributed by atoms with Crippen molar-refractivity contribution in [2.75, 3.05) is 38.6 Å². The number of urea groups is 1. The van der Waals surface area contributed by atoms with Gasteiger partial charge < -0.3 is 9.80 Å². The number of rotatable bonds is 2. The molecule has 1 aliphatic heterocycles. The molecular formula is C21H26F3N4O+. The number of quaternary nitrogens is 1. The Morgan fingerprint density at radius 1 is 1.14 bits per heavy atom. The summed E-state index contributed by atoms with van der Waals surface area (Å²) in [5.74, 6) is 0. The van der Waals surface area contributed by atoms with Crippen LogP contribution in [0.15, 0.2) is 48.7 Å². The summed E-state index contributed by atoms with van der Waals surface area (Å²) in [5.41, 5.74) is 0.628. The first-order valence-electron chi connectivity index (χ1n) is 9.65. The van der Waals surface area contributed by atoms with E-state index < -0.39 is 11.9 Å². The molecule has 0 saturated carbocycles. The zero-order valence-corrected chi connectivity index (χ0v) is 16.6. The average molecular weight is 407 g/mol. The van der Waals surface area contributed by atoms with Gasteiger partial charge in [0.2, 0.25) is 0 Å². The number of halogens is 3. The van der Waals surface area contributed by atoms with Gasteiger partial charge in [-0.2, -0.15) is 13.2 Å². The van der Waals surface area contributed by atoms with Crippen molar-refractivity contribution in [3.8, 4) is 0 Å². The summed E-state index contributed by atoms with van der Waals surface area (Å²) in [6.07, 6.45) is -1.91. The molecule has 0 radical (unpaired) electrons. The predicted molar refractivity (Wildman–Crippen MR) is 105 cm³/mol. The van der Waals surface area contributed by atoms with Gasteiger partial charge in [0.1, 0.15) is 11.7 Å². The van der Waals surface area contributed by atoms with E-state index >= 15 is 0 Å². The number of amides is 2. The van der Waals surface area contributed by atoms with E-state index in [1.807, 2.05) is 18.2 Å². The number of nitrogens with zero attached hydrogens (tertiary/aromatic N) is 3. The molecule has 8 heteroatoms. The summed E-state index contributed by atoms with van der Waals surface area (Å²) in [6.45, 7) is 1.71. The summed E-state index contributed by atoms with van der Waals surface area (Å²) in [7, 11) is 4.34. The number of benzene rings is 1. The van der Waals surface area contributed by atoms with Crippen LogP contribution in [-0.4, -0.2) is 49.2 Å². The van der Waals surface area contributed by atoms with E-state index in [1.165, 1.54) is 16.5 Å². The van der Waals surface area contributed by atoms with E-state index in [0.717, 1.165) is 29.7 Å². The van der Waals surface area contributed by atoms with Crippen LogP contribution in [0.3, 0.4) is 0 Å². The van der Waals surface area contributed by atoms with Gasteiger partial charge in [-0.05, 0) is 12.1 Å². The van der Waals surface area contributed by atoms with E-state index in [-0.39, 0.29) is 12.1 Å². The molecule has 1 fully saturated rings. The number of aromatic nitrogens is 1. The zero-order chi connectivity index (χ0) is 21.1. The number of carbonyl (C=O) groups excluding carboxylic acids is 1. The molecule has 0 aliphatic carbocycles. The second-order valence-electron chi connectivity index (χ2n) is 7.85. The normalized spacial score (nSPS) is 20.8. The summed E-state index contributed by atoms with van der Waals surface area (Å²) >= 11 is 0. The van der Waals surface area contributed by atoms with E-state index in [0.29, 0.717) is 25.2 Å². The van der Waals surface area contributed by atoms with Crippen molar-refractivity contribution in [2.45, 2.75) is 25.1 Å². The third kappa shape index (κ3) is 5.06. The molecule has 29 heavy (non-hydrogen) atoms. The molecule has 1 atom stereocenters. The first-order chi connectivity index (χ1) is 13.7. The number of alkyl halides is 3. The van der Waals surface area contributed by atoms with Crippen LogP contribution in [-0.2, 0) is 6.18 Å². The first-order valence-corrected chi connectivity index (χ1v) is 9.65. The van der Waals surface area contributed by atoms with Gasteiger partial charge in [-0.1, -0.05) is 30.3 Å². The molecule has 2 amide bonds. The fraction of sp³-hybridized carbons (Fsp3) is 0.429. The van der Waals surface area contributed by atoms with E-state index in [1.54, 1.807) is 0 Å². The molecule has 0 bridgehead atoms. The van der Waals surface area contributed by atoms with Crippen LogP contribution >= 0.6 is 0 Å². The van der Waals surface area contributed by atoms with Gasteiger partial charge in [0.05, 0.1) is 32.5 Å². The number of nitrogens with one attached hydrogen (secondary N) is 1. The Bertz CT molecular complexity index is 822. The maximum atomic E-state index is 12.8. The molecule has 156 valence electrons. The van der Waals surface area contributed by atoms with E-state index in [9.17, 15) is 18.0 Å². The van der Waals surface area contributed by atoms with Crippen molar-refractivity contribution < 1.29 is 22.4 Å². The van der Waals surface area contributed by atoms with E-state index in [2.05, 4.69) is 36.5 Å². The van der Waals surface area contributed by atoms with Crippen LogP contribution in [0.25, 0.3) is 0 Å². The summed E-state index contributed by atoms with van der Waals surface area (Å²) < 4.78 is 39.0. The molecule has 1 aliphatic rings. The second kappa shape index (κ2) is 8.41. The molecule has 2 heterocycles. The summed E-state index contributed by atoms with van der Waals surface area (Å²) in [5, 5.41) is 2.91. The number of hydrogen-bond acceptors (Lipinski definition) is 2. The Labute approximate surface area is 168 Å². The third-order valence-corrected chi connectivity index (χ3v) is 5.43. The minimum Gasteiger partial charge on any atom is -0.337 e. The summed E-state index contributed by atoms with van der Waals surface area (Å²) in [4.78, 5) is 17.6. The first kappa shape index (κ1) is 21.1. The van der Waals surface area contributed by atoms with Crippen molar-refractivity contribution in [1.29, 1.82) is 0 Å². The van der Waals surface area contributed by atoms with Crippen molar-refractivity contribution in [3.05, 3.63) is 59.9 Å². The van der Waals surface area contributed by atoms with Gasteiger partial charge in [0, 0.05) is 31.5 Å². The van der Waals surface area contributed by atoms with Gasteiger partial charge in [0.15, 0.2) is 0 Å². The lowest BCUT2D eigenvalue weighted by Gasteiger charge is -2.40. The van der Waals surface area contributed by atoms with Crippen LogP contribution in [0.4, 0.5) is 23.7 Å². The topological polar surface area (TPSA) is 45.2 Å². The highest BCUT2D eigenvalue weighted by molar-refractivity contribution is 5.91. The fourth-order valence-corrected chi connectivity index (χ4v) is 3.86. The molecule has 1 aromatic carbocycles. The minimum absolute atomic E-state index is 0.246. The van der Waals surface area contributed by atoms with Gasteiger partial charge in [-0.25, -0.2) is 9.78 Å². The molecule has 5 nitrogen and oxygen atoms in total. The van der Waals surface area contributed by atoms with Gasteiger partial charge in [-0.15, -0.1) is 0 Å². The smallest absolute Gasteiger partial charge is 0.337 e. The van der Waals surface area contributed by atoms with Crippen molar-refractivity contribution in [2.24, 2.45) is 0 Å². The molecule has 1 saturated heterocycles. The lowest BCUT2D eigenvalue weighted by atomic mass is 9.99. The SMILES string of the molecule is C[N+]1(C)CCCN(c2ccc(C(F)(F)F)nc2)C(=O)NCC[C@@H]1c1ccccc1. The van der Waals surface area contributed by atoms with Gasteiger partial charge in [-0.3, -0.25) is 4.90 Å². The lowest BCUT2D eigenvalue weighted by molar-refractivity contribution is -0.921. The van der Waals surface area contributed by atoms with Crippen molar-refractivity contribution in [3.63, 3.8) is 0 Å². The van der Waals surface area contributed by atoms with Crippen LogP contribution < -0.4 is 10.2 Å². The zero-order valence-electron chi connectivity index (χ0n) is 16.6. The Balaban J connectivity index is 1.77. The molecule has 0 spiro atoms. The fourth-order valence-electron chi connectivity index (χ4n) is 3.86. The number of hydrogen-bond donors (Lipinski definition) is 1. The van der Waals surface area contributed by atoms with Crippen LogP contribution in [0.5, 0.6) is 0 Å². The average Bonchev–Trinajstić information content (AvgIpc) is 2.68. The number of anilines is 1. The lowest BCUT2D eigenvalue weighted by Crippen LogP contribution is -2.49. The van der Waals surface area contributed by atoms with Gasteiger partial charge >= 0.3 is 12.2 Å². The Morgan fingerprint density at radius 2 is 1.86 bits per heavy atom. The maximum Gasteiger partial charge on any atom is 0.433 e. The molecule has 3 rings (SSSR count). The maximum absolute atomic E-state index is 12.8. The Hall–Kier alpha value is -2.61. The largest absolute Gasteiger partial charge is 0.433 e. The summed E-state index contributed by atoms with van der Waals surface area (Å²) in [6, 6.07) is 12.4. The predicted octanol–water partition coefficient (Wildman–Crippen LogP) is 4.23. The van der Waals surface area contributed by atoms with Crippen LogP contribution in [0.2, 0.25) is 0 Å². The van der Waals surface area contributed by atoms with Crippen LogP contribution in [0.1, 0.15) is 30.1 Å². The second-order valence-corrected chi connectivity index (χ2v) is 7.85. The molecular weight excluding hydrogens is 381 g/mol. The quantitative estimate of drug-likeness (QED) is 0.758. The molecule has 1 aromatic heterocycles. The van der Waals surface area contributed by atoms with Crippen molar-refractivity contribution >= 4 is 11.7 Å².